The fraction of sp³-hybridized carbons (Fsp3) is 0.533. The van der Waals surface area contributed by atoms with E-state index in [0.717, 1.165) is 5.69 Å². The molecule has 0 bridgehead atoms. The number of nitrogens with zero attached hydrogens (tertiary/aromatic N) is 2. The molecule has 0 aliphatic rings. The number of hydrogen-bond donors (Lipinski definition) is 1. The summed E-state index contributed by atoms with van der Waals surface area (Å²) >= 11 is 0. The van der Waals surface area contributed by atoms with E-state index in [0.29, 0.717) is 17.8 Å². The molecule has 1 aromatic rings. The second-order valence-corrected chi connectivity index (χ2v) is 6.39. The monoisotopic (exact) mass is 263 g/mol. The summed E-state index contributed by atoms with van der Waals surface area (Å²) < 4.78 is 0. The van der Waals surface area contributed by atoms with E-state index in [1.807, 2.05) is 38.2 Å². The number of rotatable bonds is 3. The van der Waals surface area contributed by atoms with Crippen LogP contribution < -0.4 is 10.6 Å². The van der Waals surface area contributed by atoms with Crippen LogP contribution in [0.1, 0.15) is 31.1 Å². The number of nitrogens with two attached hydrogens (primary N) is 1. The molecule has 106 valence electrons. The first-order valence-electron chi connectivity index (χ1n) is 6.44. The molecule has 2 N–H and O–H groups in total. The van der Waals surface area contributed by atoms with Crippen LogP contribution in [0.2, 0.25) is 0 Å². The van der Waals surface area contributed by atoms with Gasteiger partial charge in [-0.3, -0.25) is 4.79 Å². The third-order valence-corrected chi connectivity index (χ3v) is 2.79. The van der Waals surface area contributed by atoms with Gasteiger partial charge in [0.15, 0.2) is 0 Å². The summed E-state index contributed by atoms with van der Waals surface area (Å²) in [7, 11) is 5.67. The van der Waals surface area contributed by atoms with Crippen LogP contribution in [0.4, 0.5) is 11.4 Å². The normalized spacial score (nSPS) is 11.3. The molecular formula is C15H25N3O. The molecular weight excluding hydrogens is 238 g/mol. The maximum atomic E-state index is 12.5. The average Bonchev–Trinajstić information content (AvgIpc) is 2.25. The van der Waals surface area contributed by atoms with Crippen LogP contribution in [0.25, 0.3) is 0 Å². The first kappa shape index (κ1) is 15.3. The van der Waals surface area contributed by atoms with Crippen molar-refractivity contribution in [2.45, 2.75) is 20.8 Å². The summed E-state index contributed by atoms with van der Waals surface area (Å²) in [6, 6.07) is 5.44. The molecule has 0 aliphatic heterocycles. The molecule has 0 saturated carbocycles. The summed E-state index contributed by atoms with van der Waals surface area (Å²) in [5.74, 6) is 0.00549. The Morgan fingerprint density at radius 1 is 1.21 bits per heavy atom. The summed E-state index contributed by atoms with van der Waals surface area (Å²) in [5, 5.41) is 0. The maximum Gasteiger partial charge on any atom is 0.255 e. The molecule has 0 aromatic heterocycles. The number of nitrogen functional groups attached to an aromatic ring is 1. The van der Waals surface area contributed by atoms with Crippen molar-refractivity contribution in [1.29, 1.82) is 0 Å². The fourth-order valence-electron chi connectivity index (χ4n) is 2.10. The Labute approximate surface area is 116 Å². The highest BCUT2D eigenvalue weighted by Gasteiger charge is 2.21. The lowest BCUT2D eigenvalue weighted by Crippen LogP contribution is -2.35. The van der Waals surface area contributed by atoms with Gasteiger partial charge >= 0.3 is 0 Å². The van der Waals surface area contributed by atoms with E-state index in [1.165, 1.54) is 0 Å². The van der Waals surface area contributed by atoms with Crippen molar-refractivity contribution in [3.05, 3.63) is 23.8 Å². The van der Waals surface area contributed by atoms with Crippen LogP contribution in [0.15, 0.2) is 18.2 Å². The minimum atomic E-state index is 0.00549. The average molecular weight is 263 g/mol. The minimum absolute atomic E-state index is 0.00549. The van der Waals surface area contributed by atoms with Crippen LogP contribution >= 0.6 is 0 Å². The van der Waals surface area contributed by atoms with Crippen LogP contribution in [-0.4, -0.2) is 38.5 Å². The van der Waals surface area contributed by atoms with E-state index in [1.54, 1.807) is 11.0 Å². The smallest absolute Gasteiger partial charge is 0.255 e. The van der Waals surface area contributed by atoms with E-state index in [2.05, 4.69) is 20.8 Å². The predicted molar refractivity (Wildman–Crippen MR) is 81.6 cm³/mol. The Kier molecular flexibility index (Phi) is 4.45. The molecule has 0 unspecified atom stereocenters. The number of benzene rings is 1. The van der Waals surface area contributed by atoms with E-state index >= 15 is 0 Å². The van der Waals surface area contributed by atoms with Gasteiger partial charge in [-0.25, -0.2) is 0 Å². The third kappa shape index (κ3) is 4.16. The van der Waals surface area contributed by atoms with Gasteiger partial charge in [0.05, 0.1) is 5.56 Å². The highest BCUT2D eigenvalue weighted by molar-refractivity contribution is 6.00. The molecule has 0 atom stereocenters. The number of anilines is 2. The van der Waals surface area contributed by atoms with Gasteiger partial charge in [-0.2, -0.15) is 0 Å². The first-order valence-corrected chi connectivity index (χ1v) is 6.44. The molecule has 0 radical (unpaired) electrons. The Bertz CT molecular complexity index is 461. The molecule has 1 amide bonds. The third-order valence-electron chi connectivity index (χ3n) is 2.79. The second kappa shape index (κ2) is 5.51. The Morgan fingerprint density at radius 2 is 1.79 bits per heavy atom. The van der Waals surface area contributed by atoms with Gasteiger partial charge in [-0.05, 0) is 23.6 Å². The Morgan fingerprint density at radius 3 is 2.26 bits per heavy atom. The zero-order valence-electron chi connectivity index (χ0n) is 12.8. The summed E-state index contributed by atoms with van der Waals surface area (Å²) in [5.41, 5.74) is 8.02. The molecule has 0 heterocycles. The van der Waals surface area contributed by atoms with Gasteiger partial charge in [0, 0.05) is 39.1 Å². The van der Waals surface area contributed by atoms with Crippen molar-refractivity contribution in [1.82, 2.24) is 4.90 Å². The van der Waals surface area contributed by atoms with Crippen LogP contribution in [0.5, 0.6) is 0 Å². The predicted octanol–water partition coefficient (Wildman–Crippen LogP) is 2.45. The molecule has 0 saturated heterocycles. The highest BCUT2D eigenvalue weighted by atomic mass is 16.2. The van der Waals surface area contributed by atoms with Crippen molar-refractivity contribution in [3.63, 3.8) is 0 Å². The Hall–Kier alpha value is -1.71. The molecule has 1 rings (SSSR count). The molecule has 1 aromatic carbocycles. The largest absolute Gasteiger partial charge is 0.399 e. The van der Waals surface area contributed by atoms with Crippen molar-refractivity contribution >= 4 is 17.3 Å². The molecule has 0 aliphatic carbocycles. The van der Waals surface area contributed by atoms with Crippen molar-refractivity contribution in [3.8, 4) is 0 Å². The zero-order chi connectivity index (χ0) is 14.8. The highest BCUT2D eigenvalue weighted by Crippen LogP contribution is 2.24. The quantitative estimate of drug-likeness (QED) is 0.852. The summed E-state index contributed by atoms with van der Waals surface area (Å²) in [6.45, 7) is 7.04. The van der Waals surface area contributed by atoms with Gasteiger partial charge < -0.3 is 15.5 Å². The van der Waals surface area contributed by atoms with Gasteiger partial charge in [0.2, 0.25) is 0 Å². The van der Waals surface area contributed by atoms with Crippen molar-refractivity contribution < 1.29 is 4.79 Å². The van der Waals surface area contributed by atoms with Crippen molar-refractivity contribution in [2.24, 2.45) is 5.41 Å². The lowest BCUT2D eigenvalue weighted by atomic mass is 9.96. The zero-order valence-corrected chi connectivity index (χ0v) is 12.8. The van der Waals surface area contributed by atoms with E-state index in [9.17, 15) is 4.79 Å². The lowest BCUT2D eigenvalue weighted by Gasteiger charge is -2.28. The molecule has 4 nitrogen and oxygen atoms in total. The van der Waals surface area contributed by atoms with Crippen LogP contribution in [0.3, 0.4) is 0 Å². The Balaban J connectivity index is 3.08. The first-order chi connectivity index (χ1) is 8.61. The molecule has 0 spiro atoms. The second-order valence-electron chi connectivity index (χ2n) is 6.39. The van der Waals surface area contributed by atoms with Gasteiger partial charge in [0.25, 0.3) is 5.91 Å². The van der Waals surface area contributed by atoms with Crippen LogP contribution in [0, 0.1) is 5.41 Å². The molecule has 4 heteroatoms. The molecule has 19 heavy (non-hydrogen) atoms. The molecule has 0 fully saturated rings. The van der Waals surface area contributed by atoms with Gasteiger partial charge in [-0.15, -0.1) is 0 Å². The number of hydrogen-bond acceptors (Lipinski definition) is 3. The van der Waals surface area contributed by atoms with Gasteiger partial charge in [-0.1, -0.05) is 20.8 Å². The number of carbonyl (C=O) groups is 1. The topological polar surface area (TPSA) is 49.6 Å². The van der Waals surface area contributed by atoms with Gasteiger partial charge in [0.1, 0.15) is 0 Å². The van der Waals surface area contributed by atoms with E-state index in [-0.39, 0.29) is 11.3 Å². The van der Waals surface area contributed by atoms with E-state index in [4.69, 9.17) is 5.73 Å². The number of carbonyl (C=O) groups excluding carboxylic acids is 1. The fourth-order valence-corrected chi connectivity index (χ4v) is 2.10. The maximum absolute atomic E-state index is 12.5. The number of amides is 1. The standard InChI is InChI=1S/C15H25N3O/c1-15(2,3)10-18(6)14(19)12-9-11(16)7-8-13(12)17(4)5/h7-9H,10,16H2,1-6H3. The summed E-state index contributed by atoms with van der Waals surface area (Å²) in [6.07, 6.45) is 0. The minimum Gasteiger partial charge on any atom is -0.399 e. The van der Waals surface area contributed by atoms with E-state index < -0.39 is 0 Å². The van der Waals surface area contributed by atoms with Crippen LogP contribution in [-0.2, 0) is 0 Å². The SMILES string of the molecule is CN(CC(C)(C)C)C(=O)c1cc(N)ccc1N(C)C. The lowest BCUT2D eigenvalue weighted by molar-refractivity contribution is 0.0746. The van der Waals surface area contributed by atoms with Crippen molar-refractivity contribution in [2.75, 3.05) is 38.3 Å². The summed E-state index contributed by atoms with van der Waals surface area (Å²) in [4.78, 5) is 16.2.